The summed E-state index contributed by atoms with van der Waals surface area (Å²) in [4.78, 5) is 0. The van der Waals surface area contributed by atoms with Gasteiger partial charge in [0.1, 0.15) is 18.4 Å². The fraction of sp³-hybridized carbons (Fsp3) is 0.118. The van der Waals surface area contributed by atoms with E-state index in [0.29, 0.717) is 17.1 Å². The zero-order chi connectivity index (χ0) is 15.1. The monoisotopic (exact) mass is 296 g/mol. The van der Waals surface area contributed by atoms with Crippen LogP contribution in [-0.2, 0) is 6.54 Å². The van der Waals surface area contributed by atoms with Gasteiger partial charge in [-0.15, -0.1) is 6.42 Å². The quantitative estimate of drug-likeness (QED) is 0.853. The summed E-state index contributed by atoms with van der Waals surface area (Å²) in [5.41, 5.74) is 2.29. The van der Waals surface area contributed by atoms with Crippen molar-refractivity contribution >= 4 is 17.3 Å². The number of nitriles is 1. The summed E-state index contributed by atoms with van der Waals surface area (Å²) in [5.74, 6) is 3.20. The zero-order valence-corrected chi connectivity index (χ0v) is 12.0. The van der Waals surface area contributed by atoms with Gasteiger partial charge in [0.15, 0.2) is 0 Å². The molecule has 0 radical (unpaired) electrons. The largest absolute Gasteiger partial charge is 0.481 e. The van der Waals surface area contributed by atoms with Crippen LogP contribution in [0.1, 0.15) is 11.1 Å². The highest BCUT2D eigenvalue weighted by Crippen LogP contribution is 2.23. The molecule has 0 unspecified atom stereocenters. The minimum absolute atomic E-state index is 0.236. The summed E-state index contributed by atoms with van der Waals surface area (Å²) < 4.78 is 5.49. The van der Waals surface area contributed by atoms with Crippen LogP contribution in [0.2, 0.25) is 5.02 Å². The Morgan fingerprint density at radius 1 is 1.24 bits per heavy atom. The van der Waals surface area contributed by atoms with Gasteiger partial charge in [-0.2, -0.15) is 5.26 Å². The van der Waals surface area contributed by atoms with Gasteiger partial charge in [0, 0.05) is 17.8 Å². The van der Waals surface area contributed by atoms with Crippen molar-refractivity contribution in [3.05, 3.63) is 58.6 Å². The lowest BCUT2D eigenvalue weighted by molar-refractivity contribution is 0.366. The minimum Gasteiger partial charge on any atom is -0.481 e. The first-order chi connectivity index (χ1) is 10.2. The van der Waals surface area contributed by atoms with Crippen LogP contribution < -0.4 is 10.1 Å². The van der Waals surface area contributed by atoms with Gasteiger partial charge in [-0.05, 0) is 24.3 Å². The first kappa shape index (κ1) is 14.8. The van der Waals surface area contributed by atoms with E-state index in [4.69, 9.17) is 28.0 Å². The zero-order valence-electron chi connectivity index (χ0n) is 11.3. The summed E-state index contributed by atoms with van der Waals surface area (Å²) >= 11 is 6.00. The molecule has 104 valence electrons. The Labute approximate surface area is 129 Å². The number of hydrogen-bond donors (Lipinski definition) is 1. The van der Waals surface area contributed by atoms with Crippen molar-refractivity contribution in [1.29, 1.82) is 5.26 Å². The Balaban J connectivity index is 2.08. The maximum Gasteiger partial charge on any atom is 0.148 e. The van der Waals surface area contributed by atoms with Crippen molar-refractivity contribution in [3.8, 4) is 24.2 Å². The van der Waals surface area contributed by atoms with Crippen molar-refractivity contribution in [2.75, 3.05) is 11.9 Å². The first-order valence-electron chi connectivity index (χ1n) is 6.32. The Morgan fingerprint density at radius 3 is 2.76 bits per heavy atom. The van der Waals surface area contributed by atoms with Crippen LogP contribution in [0.15, 0.2) is 42.5 Å². The van der Waals surface area contributed by atoms with Gasteiger partial charge >= 0.3 is 0 Å². The molecule has 1 N–H and O–H groups in total. The van der Waals surface area contributed by atoms with Crippen molar-refractivity contribution in [3.63, 3.8) is 0 Å². The van der Waals surface area contributed by atoms with Gasteiger partial charge in [0.05, 0.1) is 10.6 Å². The fourth-order valence-electron chi connectivity index (χ4n) is 1.82. The molecule has 0 amide bonds. The summed E-state index contributed by atoms with van der Waals surface area (Å²) in [7, 11) is 0. The maximum absolute atomic E-state index is 8.85. The SMILES string of the molecule is C#CCOc1ccccc1CNc1ccc(C#N)c(Cl)c1. The standard InChI is InChI=1S/C17H13ClN2O/c1-2-9-21-17-6-4-3-5-14(17)12-20-15-8-7-13(11-19)16(18)10-15/h1,3-8,10,20H,9,12H2. The second-order valence-corrected chi connectivity index (χ2v) is 4.67. The third kappa shape index (κ3) is 3.92. The van der Waals surface area contributed by atoms with Crippen LogP contribution in [0.5, 0.6) is 5.75 Å². The van der Waals surface area contributed by atoms with Crippen molar-refractivity contribution in [2.24, 2.45) is 0 Å². The van der Waals surface area contributed by atoms with E-state index < -0.39 is 0 Å². The predicted octanol–water partition coefficient (Wildman–Crippen LogP) is 3.84. The van der Waals surface area contributed by atoms with Gasteiger partial charge < -0.3 is 10.1 Å². The molecule has 0 atom stereocenters. The lowest BCUT2D eigenvalue weighted by Crippen LogP contribution is -2.03. The van der Waals surface area contributed by atoms with Gasteiger partial charge in [0.2, 0.25) is 0 Å². The molecule has 4 heteroatoms. The Morgan fingerprint density at radius 2 is 2.05 bits per heavy atom. The van der Waals surface area contributed by atoms with E-state index in [1.54, 1.807) is 12.1 Å². The van der Waals surface area contributed by atoms with Crippen molar-refractivity contribution in [1.82, 2.24) is 0 Å². The Kier molecular flexibility index (Phi) is 5.10. The summed E-state index contributed by atoms with van der Waals surface area (Å²) in [5, 5.41) is 12.5. The Bertz CT molecular complexity index is 713. The van der Waals surface area contributed by atoms with E-state index in [2.05, 4.69) is 11.2 Å². The number of halogens is 1. The number of rotatable bonds is 5. The summed E-state index contributed by atoms with van der Waals surface area (Å²) in [6, 6.07) is 14.9. The third-order valence-corrected chi connectivity index (χ3v) is 3.17. The molecule has 2 rings (SSSR count). The smallest absolute Gasteiger partial charge is 0.148 e. The second kappa shape index (κ2) is 7.24. The van der Waals surface area contributed by atoms with Gasteiger partial charge in [-0.25, -0.2) is 0 Å². The topological polar surface area (TPSA) is 45.0 Å². The third-order valence-electron chi connectivity index (χ3n) is 2.86. The number of nitrogens with zero attached hydrogens (tertiary/aromatic N) is 1. The minimum atomic E-state index is 0.236. The lowest BCUT2D eigenvalue weighted by atomic mass is 10.2. The molecular weight excluding hydrogens is 284 g/mol. The molecule has 2 aromatic rings. The molecule has 0 saturated heterocycles. The van der Waals surface area contributed by atoms with Gasteiger partial charge in [0.25, 0.3) is 0 Å². The average Bonchev–Trinajstić information content (AvgIpc) is 2.52. The second-order valence-electron chi connectivity index (χ2n) is 4.26. The molecule has 0 saturated carbocycles. The molecule has 0 bridgehead atoms. The number of terminal acetylenes is 1. The molecule has 0 aromatic heterocycles. The molecule has 0 aliphatic carbocycles. The number of anilines is 1. The molecule has 0 heterocycles. The number of ether oxygens (including phenoxy) is 1. The number of benzene rings is 2. The van der Waals surface area contributed by atoms with E-state index in [0.717, 1.165) is 17.0 Å². The van der Waals surface area contributed by atoms with Crippen LogP contribution >= 0.6 is 11.6 Å². The number of nitrogens with one attached hydrogen (secondary N) is 1. The molecule has 0 aliphatic heterocycles. The Hall–Kier alpha value is -2.62. The van der Waals surface area contributed by atoms with E-state index in [1.165, 1.54) is 0 Å². The predicted molar refractivity (Wildman–Crippen MR) is 84.3 cm³/mol. The van der Waals surface area contributed by atoms with Crippen LogP contribution in [0.4, 0.5) is 5.69 Å². The molecule has 2 aromatic carbocycles. The summed E-state index contributed by atoms with van der Waals surface area (Å²) in [6.07, 6.45) is 5.20. The molecule has 0 aliphatic rings. The maximum atomic E-state index is 8.85. The lowest BCUT2D eigenvalue weighted by Gasteiger charge is -2.11. The van der Waals surface area contributed by atoms with E-state index in [9.17, 15) is 0 Å². The van der Waals surface area contributed by atoms with Crippen LogP contribution in [0.25, 0.3) is 0 Å². The van der Waals surface area contributed by atoms with Gasteiger partial charge in [-0.3, -0.25) is 0 Å². The molecule has 0 fully saturated rings. The van der Waals surface area contributed by atoms with Crippen molar-refractivity contribution < 1.29 is 4.74 Å². The molecule has 0 spiro atoms. The highest BCUT2D eigenvalue weighted by Gasteiger charge is 2.04. The van der Waals surface area contributed by atoms with E-state index >= 15 is 0 Å². The first-order valence-corrected chi connectivity index (χ1v) is 6.70. The molecule has 21 heavy (non-hydrogen) atoms. The summed E-state index contributed by atoms with van der Waals surface area (Å²) in [6.45, 7) is 0.808. The van der Waals surface area contributed by atoms with E-state index in [-0.39, 0.29) is 6.61 Å². The van der Waals surface area contributed by atoms with Crippen molar-refractivity contribution in [2.45, 2.75) is 6.54 Å². The van der Waals surface area contributed by atoms with Gasteiger partial charge in [-0.1, -0.05) is 35.7 Å². The number of para-hydroxylation sites is 1. The molecule has 3 nitrogen and oxygen atoms in total. The van der Waals surface area contributed by atoms with E-state index in [1.807, 2.05) is 36.4 Å². The number of hydrogen-bond acceptors (Lipinski definition) is 3. The highest BCUT2D eigenvalue weighted by atomic mass is 35.5. The highest BCUT2D eigenvalue weighted by molar-refractivity contribution is 6.32. The van der Waals surface area contributed by atoms with Crippen LogP contribution in [0.3, 0.4) is 0 Å². The normalized spacial score (nSPS) is 9.48. The fourth-order valence-corrected chi connectivity index (χ4v) is 2.05. The van der Waals surface area contributed by atoms with Crippen LogP contribution in [-0.4, -0.2) is 6.61 Å². The van der Waals surface area contributed by atoms with Crippen LogP contribution in [0, 0.1) is 23.7 Å². The molecular formula is C17H13ClN2O. The average molecular weight is 297 g/mol.